The smallest absolute Gasteiger partial charge is 0.410 e. The molecule has 1 amide bonds. The number of hydrogen-bond acceptors (Lipinski definition) is 3. The van der Waals surface area contributed by atoms with Gasteiger partial charge in [0.1, 0.15) is 11.4 Å². The van der Waals surface area contributed by atoms with E-state index in [0.29, 0.717) is 6.54 Å². The maximum atomic E-state index is 13.0. The van der Waals surface area contributed by atoms with Crippen molar-refractivity contribution in [2.75, 3.05) is 20.1 Å². The van der Waals surface area contributed by atoms with Gasteiger partial charge < -0.3 is 15.0 Å². The van der Waals surface area contributed by atoms with Crippen molar-refractivity contribution in [3.05, 3.63) is 35.6 Å². The third kappa shape index (κ3) is 7.46. The van der Waals surface area contributed by atoms with Crippen LogP contribution in [0, 0.1) is 5.82 Å². The molecule has 1 aromatic carbocycles. The first-order valence-electron chi connectivity index (χ1n) is 8.16. The number of amides is 1. The second-order valence-corrected chi connectivity index (χ2v) is 6.72. The van der Waals surface area contributed by atoms with Crippen molar-refractivity contribution in [3.63, 3.8) is 0 Å². The number of ether oxygens (including phenoxy) is 1. The molecular weight excluding hydrogens is 295 g/mol. The van der Waals surface area contributed by atoms with Gasteiger partial charge in [-0.25, -0.2) is 9.18 Å². The molecule has 0 aliphatic carbocycles. The Morgan fingerprint density at radius 3 is 2.43 bits per heavy atom. The Labute approximate surface area is 139 Å². The molecule has 23 heavy (non-hydrogen) atoms. The number of nitrogens with one attached hydrogen (secondary N) is 1. The molecule has 0 saturated carbocycles. The monoisotopic (exact) mass is 324 g/mol. The summed E-state index contributed by atoms with van der Waals surface area (Å²) in [6.07, 6.45) is 1.45. The first-order valence-corrected chi connectivity index (χ1v) is 8.16. The minimum atomic E-state index is -0.473. The third-order valence-electron chi connectivity index (χ3n) is 3.45. The fourth-order valence-corrected chi connectivity index (χ4v) is 2.22. The van der Waals surface area contributed by atoms with Gasteiger partial charge in [0.2, 0.25) is 0 Å². The van der Waals surface area contributed by atoms with Crippen LogP contribution in [0.2, 0.25) is 0 Å². The Morgan fingerprint density at radius 1 is 1.30 bits per heavy atom. The molecule has 1 aromatic rings. The van der Waals surface area contributed by atoms with Crippen LogP contribution in [0.4, 0.5) is 9.18 Å². The van der Waals surface area contributed by atoms with Crippen LogP contribution in [0.1, 0.15) is 52.1 Å². The highest BCUT2D eigenvalue weighted by Crippen LogP contribution is 2.16. The van der Waals surface area contributed by atoms with Gasteiger partial charge in [0, 0.05) is 19.6 Å². The summed E-state index contributed by atoms with van der Waals surface area (Å²) in [5.41, 5.74) is 0.605. The van der Waals surface area contributed by atoms with Gasteiger partial charge in [-0.05, 0) is 57.9 Å². The van der Waals surface area contributed by atoms with Crippen molar-refractivity contribution in [2.45, 2.75) is 52.2 Å². The first kappa shape index (κ1) is 19.4. The zero-order chi connectivity index (χ0) is 17.5. The number of nitrogens with zero attached hydrogens (tertiary/aromatic N) is 1. The number of hydrogen-bond donors (Lipinski definition) is 1. The molecule has 1 atom stereocenters. The van der Waals surface area contributed by atoms with Crippen LogP contribution < -0.4 is 5.32 Å². The van der Waals surface area contributed by atoms with E-state index < -0.39 is 5.60 Å². The van der Waals surface area contributed by atoms with Gasteiger partial charge in [-0.15, -0.1) is 0 Å². The van der Waals surface area contributed by atoms with Crippen molar-refractivity contribution in [3.8, 4) is 0 Å². The lowest BCUT2D eigenvalue weighted by Crippen LogP contribution is -2.35. The van der Waals surface area contributed by atoms with Crippen LogP contribution in [0.3, 0.4) is 0 Å². The van der Waals surface area contributed by atoms with Crippen LogP contribution in [-0.2, 0) is 4.74 Å². The van der Waals surface area contributed by atoms with Crippen LogP contribution in [0.15, 0.2) is 24.3 Å². The van der Waals surface area contributed by atoms with Crippen molar-refractivity contribution < 1.29 is 13.9 Å². The number of carbonyl (C=O) groups excluding carboxylic acids is 1. The van der Waals surface area contributed by atoms with Gasteiger partial charge in [-0.3, -0.25) is 0 Å². The van der Waals surface area contributed by atoms with E-state index in [-0.39, 0.29) is 18.0 Å². The van der Waals surface area contributed by atoms with Crippen LogP contribution in [0.5, 0.6) is 0 Å². The topological polar surface area (TPSA) is 41.6 Å². The first-order chi connectivity index (χ1) is 10.7. The molecule has 0 radical (unpaired) electrons. The van der Waals surface area contributed by atoms with Crippen molar-refractivity contribution >= 4 is 6.09 Å². The molecule has 0 fully saturated rings. The fraction of sp³-hybridized carbons (Fsp3) is 0.611. The Hall–Kier alpha value is -1.62. The SMILES string of the molecule is CCC(NCCCN(C)C(=O)OC(C)(C)C)c1ccc(F)cc1. The van der Waals surface area contributed by atoms with Gasteiger partial charge in [0.25, 0.3) is 0 Å². The Bertz CT molecular complexity index is 483. The maximum absolute atomic E-state index is 13.0. The zero-order valence-corrected chi connectivity index (χ0v) is 14.9. The highest BCUT2D eigenvalue weighted by molar-refractivity contribution is 5.67. The summed E-state index contributed by atoms with van der Waals surface area (Å²) in [4.78, 5) is 13.4. The molecule has 0 saturated heterocycles. The zero-order valence-electron chi connectivity index (χ0n) is 14.9. The molecule has 1 N–H and O–H groups in total. The second kappa shape index (κ2) is 8.87. The van der Waals surface area contributed by atoms with Gasteiger partial charge in [0.05, 0.1) is 0 Å². The van der Waals surface area contributed by atoms with E-state index in [1.807, 2.05) is 32.9 Å². The minimum absolute atomic E-state index is 0.197. The van der Waals surface area contributed by atoms with Gasteiger partial charge >= 0.3 is 6.09 Å². The fourth-order valence-electron chi connectivity index (χ4n) is 2.22. The average molecular weight is 324 g/mol. The standard InChI is InChI=1S/C18H29FN2O2/c1-6-16(14-8-10-15(19)11-9-14)20-12-7-13-21(5)17(22)23-18(2,3)4/h8-11,16,20H,6-7,12-13H2,1-5H3. The van der Waals surface area contributed by atoms with Crippen molar-refractivity contribution in [2.24, 2.45) is 0 Å². The van der Waals surface area contributed by atoms with E-state index in [1.54, 1.807) is 11.9 Å². The third-order valence-corrected chi connectivity index (χ3v) is 3.45. The Morgan fingerprint density at radius 2 is 1.91 bits per heavy atom. The van der Waals surface area contributed by atoms with Crippen LogP contribution in [-0.4, -0.2) is 36.7 Å². The summed E-state index contributed by atoms with van der Waals surface area (Å²) in [7, 11) is 1.74. The van der Waals surface area contributed by atoms with E-state index in [4.69, 9.17) is 4.74 Å². The van der Waals surface area contributed by atoms with Gasteiger partial charge in [-0.2, -0.15) is 0 Å². The molecule has 0 bridgehead atoms. The number of benzene rings is 1. The summed E-state index contributed by atoms with van der Waals surface area (Å²) in [5, 5.41) is 3.45. The summed E-state index contributed by atoms with van der Waals surface area (Å²) < 4.78 is 18.3. The number of carbonyl (C=O) groups is 1. The Balaban J connectivity index is 2.35. The lowest BCUT2D eigenvalue weighted by atomic mass is 10.0. The molecule has 130 valence electrons. The molecule has 0 aliphatic heterocycles. The summed E-state index contributed by atoms with van der Waals surface area (Å²) >= 11 is 0. The Kier molecular flexibility index (Phi) is 7.49. The van der Waals surface area contributed by atoms with Crippen molar-refractivity contribution in [1.82, 2.24) is 10.2 Å². The predicted octanol–water partition coefficient (Wildman–Crippen LogP) is 4.12. The summed E-state index contributed by atoms with van der Waals surface area (Å²) in [5.74, 6) is -0.220. The van der Waals surface area contributed by atoms with E-state index >= 15 is 0 Å². The normalized spacial score (nSPS) is 12.8. The van der Waals surface area contributed by atoms with Gasteiger partial charge in [0.15, 0.2) is 0 Å². The number of rotatable bonds is 7. The van der Waals surface area contributed by atoms with Crippen LogP contribution >= 0.6 is 0 Å². The molecule has 4 nitrogen and oxygen atoms in total. The van der Waals surface area contributed by atoms with E-state index in [9.17, 15) is 9.18 Å². The highest BCUT2D eigenvalue weighted by Gasteiger charge is 2.19. The largest absolute Gasteiger partial charge is 0.444 e. The van der Waals surface area contributed by atoms with E-state index in [1.165, 1.54) is 12.1 Å². The minimum Gasteiger partial charge on any atom is -0.444 e. The lowest BCUT2D eigenvalue weighted by Gasteiger charge is -2.25. The lowest BCUT2D eigenvalue weighted by molar-refractivity contribution is 0.0297. The summed E-state index contributed by atoms with van der Waals surface area (Å²) in [6, 6.07) is 6.78. The second-order valence-electron chi connectivity index (χ2n) is 6.72. The molecule has 0 heterocycles. The average Bonchev–Trinajstić information content (AvgIpc) is 2.46. The number of halogens is 1. The maximum Gasteiger partial charge on any atom is 0.410 e. The van der Waals surface area contributed by atoms with E-state index in [2.05, 4.69) is 12.2 Å². The molecule has 5 heteroatoms. The van der Waals surface area contributed by atoms with Crippen molar-refractivity contribution in [1.29, 1.82) is 0 Å². The highest BCUT2D eigenvalue weighted by atomic mass is 19.1. The predicted molar refractivity (Wildman–Crippen MR) is 90.9 cm³/mol. The molecule has 0 aromatic heterocycles. The molecule has 0 aliphatic rings. The summed E-state index contributed by atoms with van der Waals surface area (Å²) in [6.45, 7) is 9.07. The molecule has 1 unspecified atom stereocenters. The molecule has 1 rings (SSSR count). The van der Waals surface area contributed by atoms with Crippen LogP contribution in [0.25, 0.3) is 0 Å². The quantitative estimate of drug-likeness (QED) is 0.767. The van der Waals surface area contributed by atoms with Gasteiger partial charge in [-0.1, -0.05) is 19.1 Å². The molecular formula is C18H29FN2O2. The van der Waals surface area contributed by atoms with E-state index in [0.717, 1.165) is 24.9 Å². The molecule has 0 spiro atoms.